The SMILES string of the molecule is CCCCCC1OC2=C(O1)OS(=O)(=O)O2. The first-order chi connectivity index (χ1) is 7.11. The molecule has 15 heavy (non-hydrogen) atoms. The number of ether oxygens (including phenoxy) is 2. The molecule has 6 nitrogen and oxygen atoms in total. The molecule has 0 spiro atoms. The van der Waals surface area contributed by atoms with Crippen LogP contribution in [0.4, 0.5) is 0 Å². The Morgan fingerprint density at radius 1 is 1.13 bits per heavy atom. The van der Waals surface area contributed by atoms with Gasteiger partial charge in [-0.3, -0.25) is 0 Å². The summed E-state index contributed by atoms with van der Waals surface area (Å²) in [5, 5.41) is 0. The second kappa shape index (κ2) is 3.80. The third kappa shape index (κ3) is 2.28. The smallest absolute Gasteiger partial charge is 0.419 e. The maximum absolute atomic E-state index is 10.8. The standard InChI is InChI=1S/C8H12O6S/c1-2-3-4-5-6-11-7-8(12-6)14-15(9,10)13-7/h6H,2-5H2,1H3. The summed E-state index contributed by atoms with van der Waals surface area (Å²) in [6.07, 6.45) is 3.33. The largest absolute Gasteiger partial charge is 0.506 e. The topological polar surface area (TPSA) is 71.1 Å². The van der Waals surface area contributed by atoms with Crippen molar-refractivity contribution >= 4 is 10.4 Å². The van der Waals surface area contributed by atoms with E-state index in [0.29, 0.717) is 6.42 Å². The molecule has 0 saturated heterocycles. The highest BCUT2D eigenvalue weighted by Gasteiger charge is 2.43. The lowest BCUT2D eigenvalue weighted by Gasteiger charge is -2.11. The van der Waals surface area contributed by atoms with Crippen LogP contribution in [-0.2, 0) is 28.2 Å². The van der Waals surface area contributed by atoms with E-state index in [2.05, 4.69) is 15.3 Å². The molecule has 0 aliphatic carbocycles. The average Bonchev–Trinajstić information content (AvgIpc) is 2.58. The van der Waals surface area contributed by atoms with Crippen LogP contribution in [0.5, 0.6) is 0 Å². The molecule has 0 aromatic carbocycles. The molecule has 0 aromatic heterocycles. The van der Waals surface area contributed by atoms with Crippen LogP contribution in [0.2, 0.25) is 0 Å². The van der Waals surface area contributed by atoms with Crippen LogP contribution in [0.1, 0.15) is 32.6 Å². The Balaban J connectivity index is 1.81. The Bertz CT molecular complexity index is 347. The van der Waals surface area contributed by atoms with Crippen molar-refractivity contribution in [3.63, 3.8) is 0 Å². The van der Waals surface area contributed by atoms with Crippen molar-refractivity contribution in [1.29, 1.82) is 0 Å². The summed E-state index contributed by atoms with van der Waals surface area (Å²) in [5.74, 6) is -0.368. The summed E-state index contributed by atoms with van der Waals surface area (Å²) >= 11 is 0. The Labute approximate surface area is 88.1 Å². The molecule has 2 rings (SSSR count). The molecule has 2 heterocycles. The summed E-state index contributed by atoms with van der Waals surface area (Å²) in [4.78, 5) is 0. The van der Waals surface area contributed by atoms with E-state index >= 15 is 0 Å². The van der Waals surface area contributed by atoms with Gasteiger partial charge in [-0.25, -0.2) is 0 Å². The molecule has 0 unspecified atom stereocenters. The van der Waals surface area contributed by atoms with Crippen LogP contribution in [0.15, 0.2) is 11.9 Å². The zero-order valence-corrected chi connectivity index (χ0v) is 9.08. The predicted octanol–water partition coefficient (Wildman–Crippen LogP) is 1.36. The van der Waals surface area contributed by atoms with Gasteiger partial charge in [-0.05, 0) is 6.42 Å². The molecule has 0 N–H and O–H groups in total. The van der Waals surface area contributed by atoms with Gasteiger partial charge in [0.1, 0.15) is 0 Å². The minimum absolute atomic E-state index is 0.184. The summed E-state index contributed by atoms with van der Waals surface area (Å²) in [5.41, 5.74) is 0. The molecule has 0 atom stereocenters. The van der Waals surface area contributed by atoms with Crippen molar-refractivity contribution in [3.05, 3.63) is 11.9 Å². The zero-order chi connectivity index (χ0) is 10.9. The van der Waals surface area contributed by atoms with E-state index in [1.165, 1.54) is 0 Å². The van der Waals surface area contributed by atoms with Gasteiger partial charge in [-0.15, -0.1) is 8.42 Å². The molecule has 2 aliphatic rings. The molecule has 0 saturated carbocycles. The van der Waals surface area contributed by atoms with E-state index in [4.69, 9.17) is 9.47 Å². The normalized spacial score (nSPS) is 22.7. The molecular formula is C8H12O6S. The van der Waals surface area contributed by atoms with E-state index < -0.39 is 16.7 Å². The minimum Gasteiger partial charge on any atom is -0.419 e. The van der Waals surface area contributed by atoms with Gasteiger partial charge < -0.3 is 17.8 Å². The highest BCUT2D eigenvalue weighted by atomic mass is 32.3. The van der Waals surface area contributed by atoms with Crippen molar-refractivity contribution in [2.24, 2.45) is 0 Å². The van der Waals surface area contributed by atoms with Crippen molar-refractivity contribution in [3.8, 4) is 0 Å². The number of rotatable bonds is 4. The summed E-state index contributed by atoms with van der Waals surface area (Å²) in [6.45, 7) is 2.09. The molecule has 0 bridgehead atoms. The molecule has 0 aromatic rings. The summed E-state index contributed by atoms with van der Waals surface area (Å²) in [7, 11) is -3.98. The Morgan fingerprint density at radius 2 is 1.73 bits per heavy atom. The second-order valence-corrected chi connectivity index (χ2v) is 4.46. The van der Waals surface area contributed by atoms with Gasteiger partial charge in [0.25, 0.3) is 0 Å². The van der Waals surface area contributed by atoms with Gasteiger partial charge in [0.15, 0.2) is 0 Å². The van der Waals surface area contributed by atoms with Crippen molar-refractivity contribution in [1.82, 2.24) is 0 Å². The summed E-state index contributed by atoms with van der Waals surface area (Å²) < 4.78 is 40.5. The Morgan fingerprint density at radius 3 is 2.27 bits per heavy atom. The molecule has 86 valence electrons. The third-order valence-electron chi connectivity index (χ3n) is 2.04. The monoisotopic (exact) mass is 236 g/mol. The Hall–Kier alpha value is -1.11. The highest BCUT2D eigenvalue weighted by Crippen LogP contribution is 2.34. The van der Waals surface area contributed by atoms with Crippen LogP contribution in [0, 0.1) is 0 Å². The summed E-state index contributed by atoms with van der Waals surface area (Å²) in [6, 6.07) is 0. The van der Waals surface area contributed by atoms with Gasteiger partial charge in [-0.2, -0.15) is 0 Å². The van der Waals surface area contributed by atoms with Crippen LogP contribution >= 0.6 is 0 Å². The number of unbranched alkanes of at least 4 members (excludes halogenated alkanes) is 2. The second-order valence-electron chi connectivity index (χ2n) is 3.31. The molecule has 0 amide bonds. The maximum atomic E-state index is 10.8. The molecule has 2 aliphatic heterocycles. The van der Waals surface area contributed by atoms with E-state index in [1.807, 2.05) is 0 Å². The van der Waals surface area contributed by atoms with E-state index in [9.17, 15) is 8.42 Å². The molecule has 7 heteroatoms. The lowest BCUT2D eigenvalue weighted by Crippen LogP contribution is -2.13. The fourth-order valence-corrected chi connectivity index (χ4v) is 1.97. The van der Waals surface area contributed by atoms with Crippen molar-refractivity contribution < 1.29 is 26.3 Å². The van der Waals surface area contributed by atoms with Crippen molar-refractivity contribution in [2.45, 2.75) is 38.9 Å². The van der Waals surface area contributed by atoms with Gasteiger partial charge in [0.2, 0.25) is 6.29 Å². The average molecular weight is 236 g/mol. The quantitative estimate of drug-likeness (QED) is 0.686. The number of hydrogen-bond acceptors (Lipinski definition) is 6. The van der Waals surface area contributed by atoms with Crippen LogP contribution in [0.25, 0.3) is 0 Å². The molecule has 0 fully saturated rings. The fourth-order valence-electron chi connectivity index (χ4n) is 1.35. The van der Waals surface area contributed by atoms with E-state index in [0.717, 1.165) is 19.3 Å². The first-order valence-electron chi connectivity index (χ1n) is 4.82. The first kappa shape index (κ1) is 10.4. The van der Waals surface area contributed by atoms with Crippen LogP contribution in [0.3, 0.4) is 0 Å². The van der Waals surface area contributed by atoms with Gasteiger partial charge >= 0.3 is 22.3 Å². The third-order valence-corrected chi connectivity index (χ3v) is 2.75. The number of hydrogen-bond donors (Lipinski definition) is 0. The van der Waals surface area contributed by atoms with E-state index in [-0.39, 0.29) is 11.9 Å². The van der Waals surface area contributed by atoms with E-state index in [1.54, 1.807) is 0 Å². The Kier molecular flexibility index (Phi) is 2.64. The lowest BCUT2D eigenvalue weighted by molar-refractivity contribution is -0.0851. The maximum Gasteiger partial charge on any atom is 0.506 e. The van der Waals surface area contributed by atoms with Crippen molar-refractivity contribution in [2.75, 3.05) is 0 Å². The van der Waals surface area contributed by atoms with Gasteiger partial charge in [0.05, 0.1) is 0 Å². The highest BCUT2D eigenvalue weighted by molar-refractivity contribution is 7.82. The van der Waals surface area contributed by atoms with Crippen LogP contribution in [-0.4, -0.2) is 14.7 Å². The predicted molar refractivity (Wildman–Crippen MR) is 48.2 cm³/mol. The first-order valence-corrected chi connectivity index (χ1v) is 6.15. The molecular weight excluding hydrogens is 224 g/mol. The fraction of sp³-hybridized carbons (Fsp3) is 0.750. The van der Waals surface area contributed by atoms with Crippen LogP contribution < -0.4 is 0 Å². The molecule has 0 radical (unpaired) electrons. The van der Waals surface area contributed by atoms with Gasteiger partial charge in [0, 0.05) is 6.42 Å². The zero-order valence-electron chi connectivity index (χ0n) is 8.26. The lowest BCUT2D eigenvalue weighted by atomic mass is 10.2. The minimum atomic E-state index is -3.98. The van der Waals surface area contributed by atoms with Gasteiger partial charge in [-0.1, -0.05) is 19.8 Å².